The van der Waals surface area contributed by atoms with Crippen molar-refractivity contribution in [2.45, 2.75) is 38.8 Å². The monoisotopic (exact) mass is 350 g/mol. The zero-order valence-corrected chi connectivity index (χ0v) is 13.7. The molecule has 1 aromatic heterocycles. The largest absolute Gasteiger partial charge is 0.352 e. The molecular formula is C15H19BrN4O. The van der Waals surface area contributed by atoms with E-state index in [2.05, 4.69) is 43.5 Å². The van der Waals surface area contributed by atoms with Gasteiger partial charge in [0.05, 0.1) is 0 Å². The minimum atomic E-state index is -0.345. The van der Waals surface area contributed by atoms with Crippen molar-refractivity contribution in [2.75, 3.05) is 0 Å². The second-order valence-corrected chi connectivity index (χ2v) is 6.04. The molecule has 0 fully saturated rings. The number of halogens is 1. The lowest BCUT2D eigenvalue weighted by molar-refractivity contribution is -0.124. The summed E-state index contributed by atoms with van der Waals surface area (Å²) in [7, 11) is 0. The number of hydrogen-bond acceptors (Lipinski definition) is 3. The molecule has 0 aliphatic heterocycles. The number of carbonyl (C=O) groups excluding carboxylic acids is 1. The molecule has 2 atom stereocenters. The molecule has 21 heavy (non-hydrogen) atoms. The van der Waals surface area contributed by atoms with Crippen LogP contribution in [0.1, 0.15) is 31.9 Å². The second kappa shape index (κ2) is 7.36. The molecule has 0 bridgehead atoms. The third kappa shape index (κ3) is 4.67. The van der Waals surface area contributed by atoms with Gasteiger partial charge in [-0.1, -0.05) is 28.1 Å². The number of carbonyl (C=O) groups is 1. The number of benzene rings is 1. The summed E-state index contributed by atoms with van der Waals surface area (Å²) in [5, 5.41) is 7.00. The van der Waals surface area contributed by atoms with Gasteiger partial charge in [0, 0.05) is 10.5 Å². The number of rotatable bonds is 6. The van der Waals surface area contributed by atoms with Crippen LogP contribution in [-0.4, -0.2) is 26.7 Å². The van der Waals surface area contributed by atoms with E-state index in [0.717, 1.165) is 17.3 Å². The lowest BCUT2D eigenvalue weighted by Crippen LogP contribution is -2.37. The van der Waals surface area contributed by atoms with Crippen molar-refractivity contribution < 1.29 is 4.79 Å². The molecule has 2 rings (SSSR count). The van der Waals surface area contributed by atoms with E-state index in [9.17, 15) is 4.79 Å². The number of aromatic nitrogens is 3. The average Bonchev–Trinajstić information content (AvgIpc) is 3.00. The van der Waals surface area contributed by atoms with E-state index in [4.69, 9.17) is 0 Å². The molecule has 1 N–H and O–H groups in total. The molecule has 0 unspecified atom stereocenters. The fourth-order valence-corrected chi connectivity index (χ4v) is 2.27. The van der Waals surface area contributed by atoms with Crippen LogP contribution < -0.4 is 5.32 Å². The summed E-state index contributed by atoms with van der Waals surface area (Å²) < 4.78 is 2.63. The molecule has 6 heteroatoms. The Morgan fingerprint density at radius 1 is 1.33 bits per heavy atom. The van der Waals surface area contributed by atoms with E-state index < -0.39 is 0 Å². The lowest BCUT2D eigenvalue weighted by atomic mass is 10.1. The number of aryl methyl sites for hydroxylation is 1. The van der Waals surface area contributed by atoms with Crippen LogP contribution in [0, 0.1) is 0 Å². The Bertz CT molecular complexity index is 568. The van der Waals surface area contributed by atoms with Gasteiger partial charge < -0.3 is 5.32 Å². The van der Waals surface area contributed by atoms with Gasteiger partial charge in [-0.25, -0.2) is 9.67 Å². The van der Waals surface area contributed by atoms with Crippen LogP contribution >= 0.6 is 15.9 Å². The third-order valence-corrected chi connectivity index (χ3v) is 3.91. The van der Waals surface area contributed by atoms with Crippen LogP contribution in [0.3, 0.4) is 0 Å². The van der Waals surface area contributed by atoms with Crippen molar-refractivity contribution in [1.82, 2.24) is 20.1 Å². The summed E-state index contributed by atoms with van der Waals surface area (Å²) in [6, 6.07) is 8.03. The summed E-state index contributed by atoms with van der Waals surface area (Å²) >= 11 is 3.42. The van der Waals surface area contributed by atoms with E-state index >= 15 is 0 Å². The number of nitrogens with zero attached hydrogens (tertiary/aromatic N) is 3. The fraction of sp³-hybridized carbons (Fsp3) is 0.400. The summed E-state index contributed by atoms with van der Waals surface area (Å²) in [6.07, 6.45) is 4.82. The van der Waals surface area contributed by atoms with Crippen molar-refractivity contribution in [3.05, 3.63) is 47.0 Å². The predicted molar refractivity (Wildman–Crippen MR) is 84.8 cm³/mol. The smallest absolute Gasteiger partial charge is 0.244 e. The van der Waals surface area contributed by atoms with E-state index in [1.807, 2.05) is 26.0 Å². The van der Waals surface area contributed by atoms with Crippen molar-refractivity contribution in [3.63, 3.8) is 0 Å². The molecule has 2 aromatic rings. The van der Waals surface area contributed by atoms with Gasteiger partial charge in [0.25, 0.3) is 0 Å². The highest BCUT2D eigenvalue weighted by atomic mass is 79.9. The molecule has 0 saturated carbocycles. The van der Waals surface area contributed by atoms with Gasteiger partial charge in [0.15, 0.2) is 0 Å². The van der Waals surface area contributed by atoms with Crippen LogP contribution in [0.25, 0.3) is 0 Å². The molecule has 112 valence electrons. The SMILES string of the molecule is C[C@H](CCc1ccc(Br)cc1)NC(=O)[C@H](C)n1cncn1. The van der Waals surface area contributed by atoms with Crippen molar-refractivity contribution in [1.29, 1.82) is 0 Å². The Morgan fingerprint density at radius 3 is 2.67 bits per heavy atom. The van der Waals surface area contributed by atoms with Crippen LogP contribution in [-0.2, 0) is 11.2 Å². The standard InChI is InChI=1S/C15H19BrN4O/c1-11(3-4-13-5-7-14(16)8-6-13)19-15(21)12(2)20-10-17-9-18-20/h5-12H,3-4H2,1-2H3,(H,19,21)/t11-,12+/m1/s1. The quantitative estimate of drug-likeness (QED) is 0.871. The highest BCUT2D eigenvalue weighted by molar-refractivity contribution is 9.10. The first-order chi connectivity index (χ1) is 10.1. The van der Waals surface area contributed by atoms with E-state index in [0.29, 0.717) is 0 Å². The van der Waals surface area contributed by atoms with E-state index in [1.165, 1.54) is 11.9 Å². The summed E-state index contributed by atoms with van der Waals surface area (Å²) in [4.78, 5) is 16.0. The average molecular weight is 351 g/mol. The highest BCUT2D eigenvalue weighted by Crippen LogP contribution is 2.12. The van der Waals surface area contributed by atoms with E-state index in [-0.39, 0.29) is 18.0 Å². The van der Waals surface area contributed by atoms with Gasteiger partial charge >= 0.3 is 0 Å². The summed E-state index contributed by atoms with van der Waals surface area (Å²) in [6.45, 7) is 3.83. The molecule has 0 radical (unpaired) electrons. The van der Waals surface area contributed by atoms with Gasteiger partial charge in [-0.05, 0) is 44.4 Å². The topological polar surface area (TPSA) is 59.8 Å². The summed E-state index contributed by atoms with van der Waals surface area (Å²) in [5.41, 5.74) is 1.27. The molecule has 0 aliphatic rings. The molecule has 0 saturated heterocycles. The van der Waals surface area contributed by atoms with Crippen molar-refractivity contribution in [3.8, 4) is 0 Å². The number of hydrogen-bond donors (Lipinski definition) is 1. The molecule has 1 heterocycles. The Kier molecular flexibility index (Phi) is 5.50. The van der Waals surface area contributed by atoms with Crippen LogP contribution in [0.15, 0.2) is 41.4 Å². The van der Waals surface area contributed by atoms with Gasteiger partial charge in [-0.3, -0.25) is 4.79 Å². The summed E-state index contributed by atoms with van der Waals surface area (Å²) in [5.74, 6) is -0.0381. The van der Waals surface area contributed by atoms with Gasteiger partial charge in [0.2, 0.25) is 5.91 Å². The van der Waals surface area contributed by atoms with Crippen molar-refractivity contribution in [2.24, 2.45) is 0 Å². The molecule has 0 aliphatic carbocycles. The first-order valence-corrected chi connectivity index (χ1v) is 7.74. The van der Waals surface area contributed by atoms with Crippen molar-refractivity contribution >= 4 is 21.8 Å². The van der Waals surface area contributed by atoms with Crippen LogP contribution in [0.4, 0.5) is 0 Å². The minimum absolute atomic E-state index is 0.0381. The molecular weight excluding hydrogens is 332 g/mol. The molecule has 0 spiro atoms. The highest BCUT2D eigenvalue weighted by Gasteiger charge is 2.17. The van der Waals surface area contributed by atoms with Gasteiger partial charge in [0.1, 0.15) is 18.7 Å². The normalized spacial score (nSPS) is 13.7. The van der Waals surface area contributed by atoms with Crippen LogP contribution in [0.2, 0.25) is 0 Å². The zero-order chi connectivity index (χ0) is 15.2. The maximum absolute atomic E-state index is 12.1. The Morgan fingerprint density at radius 2 is 2.05 bits per heavy atom. The van der Waals surface area contributed by atoms with Gasteiger partial charge in [-0.2, -0.15) is 5.10 Å². The third-order valence-electron chi connectivity index (χ3n) is 3.38. The fourth-order valence-electron chi connectivity index (χ4n) is 2.01. The first kappa shape index (κ1) is 15.7. The number of nitrogens with one attached hydrogen (secondary N) is 1. The first-order valence-electron chi connectivity index (χ1n) is 6.95. The molecule has 1 aromatic carbocycles. The van der Waals surface area contributed by atoms with Gasteiger partial charge in [-0.15, -0.1) is 0 Å². The Balaban J connectivity index is 1.80. The Hall–Kier alpha value is -1.69. The number of amides is 1. The molecule has 5 nitrogen and oxygen atoms in total. The Labute approximate surface area is 132 Å². The van der Waals surface area contributed by atoms with Crippen LogP contribution in [0.5, 0.6) is 0 Å². The minimum Gasteiger partial charge on any atom is -0.352 e. The second-order valence-electron chi connectivity index (χ2n) is 5.13. The lowest BCUT2D eigenvalue weighted by Gasteiger charge is -2.17. The zero-order valence-electron chi connectivity index (χ0n) is 12.2. The maximum Gasteiger partial charge on any atom is 0.244 e. The maximum atomic E-state index is 12.1. The molecule has 1 amide bonds. The predicted octanol–water partition coefficient (Wildman–Crippen LogP) is 2.74. The van der Waals surface area contributed by atoms with E-state index in [1.54, 1.807) is 11.0 Å².